The lowest BCUT2D eigenvalue weighted by molar-refractivity contribution is 0.627. The zero-order valence-corrected chi connectivity index (χ0v) is 12.1. The lowest BCUT2D eigenvalue weighted by Gasteiger charge is -2.09. The normalized spacial score (nSPS) is 10.4. The minimum atomic E-state index is -0.259. The molecule has 0 saturated carbocycles. The molecule has 94 valence electrons. The van der Waals surface area contributed by atoms with Gasteiger partial charge in [0.15, 0.2) is 0 Å². The third kappa shape index (κ3) is 3.24. The topological polar surface area (TPSA) is 12.0 Å². The van der Waals surface area contributed by atoms with Gasteiger partial charge in [0.05, 0.1) is 0 Å². The Hall–Kier alpha value is -1.06. The monoisotopic (exact) mass is 327 g/mol. The molecule has 0 radical (unpaired) electrons. The summed E-state index contributed by atoms with van der Waals surface area (Å²) in [7, 11) is 0. The molecule has 2 rings (SSSR count). The van der Waals surface area contributed by atoms with Crippen molar-refractivity contribution < 1.29 is 4.39 Å². The molecule has 2 aromatic carbocycles. The first-order valence-corrected chi connectivity index (χ1v) is 6.67. The van der Waals surface area contributed by atoms with Crippen LogP contribution in [0.25, 0.3) is 0 Å². The zero-order valence-electron chi connectivity index (χ0n) is 9.81. The second-order valence-electron chi connectivity index (χ2n) is 4.06. The van der Waals surface area contributed by atoms with Crippen LogP contribution in [0.1, 0.15) is 11.1 Å². The van der Waals surface area contributed by atoms with E-state index < -0.39 is 0 Å². The Bertz CT molecular complexity index is 572. The van der Waals surface area contributed by atoms with Crippen LogP contribution in [0, 0.1) is 12.7 Å². The molecule has 0 aliphatic rings. The van der Waals surface area contributed by atoms with E-state index in [1.165, 1.54) is 12.1 Å². The van der Waals surface area contributed by atoms with Crippen molar-refractivity contribution in [3.8, 4) is 0 Å². The average molecular weight is 329 g/mol. The van der Waals surface area contributed by atoms with E-state index in [9.17, 15) is 4.39 Å². The van der Waals surface area contributed by atoms with Crippen molar-refractivity contribution in [3.05, 3.63) is 62.8 Å². The van der Waals surface area contributed by atoms with Crippen LogP contribution in [0.4, 0.5) is 10.1 Å². The number of benzene rings is 2. The highest BCUT2D eigenvalue weighted by Gasteiger charge is 2.02. The summed E-state index contributed by atoms with van der Waals surface area (Å²) in [6, 6.07) is 10.5. The number of nitrogens with one attached hydrogen (secondary N) is 1. The molecule has 0 fully saturated rings. The van der Waals surface area contributed by atoms with Crippen molar-refractivity contribution in [1.29, 1.82) is 0 Å². The lowest BCUT2D eigenvalue weighted by atomic mass is 10.1. The summed E-state index contributed by atoms with van der Waals surface area (Å²) in [6.07, 6.45) is 0. The van der Waals surface area contributed by atoms with Gasteiger partial charge in [-0.05, 0) is 58.2 Å². The minimum Gasteiger partial charge on any atom is -0.380 e. The molecule has 0 amide bonds. The van der Waals surface area contributed by atoms with Crippen molar-refractivity contribution in [2.75, 3.05) is 5.32 Å². The molecule has 0 aliphatic heterocycles. The van der Waals surface area contributed by atoms with E-state index in [-0.39, 0.29) is 5.82 Å². The number of rotatable bonds is 3. The molecule has 0 heterocycles. The number of halogens is 3. The van der Waals surface area contributed by atoms with E-state index in [1.807, 2.05) is 25.1 Å². The van der Waals surface area contributed by atoms with Crippen LogP contribution >= 0.6 is 27.5 Å². The first-order valence-electron chi connectivity index (χ1n) is 5.50. The third-order valence-corrected chi connectivity index (χ3v) is 3.71. The van der Waals surface area contributed by atoms with E-state index in [1.54, 1.807) is 6.07 Å². The van der Waals surface area contributed by atoms with Crippen molar-refractivity contribution in [2.45, 2.75) is 13.5 Å². The summed E-state index contributed by atoms with van der Waals surface area (Å²) in [4.78, 5) is 0. The largest absolute Gasteiger partial charge is 0.380 e. The third-order valence-electron chi connectivity index (χ3n) is 2.65. The van der Waals surface area contributed by atoms with E-state index in [0.29, 0.717) is 11.0 Å². The first-order chi connectivity index (χ1) is 8.56. The van der Waals surface area contributed by atoms with Crippen LogP contribution in [0.2, 0.25) is 5.02 Å². The van der Waals surface area contributed by atoms with E-state index >= 15 is 0 Å². The van der Waals surface area contributed by atoms with Crippen molar-refractivity contribution in [2.24, 2.45) is 0 Å². The van der Waals surface area contributed by atoms with Gasteiger partial charge in [-0.25, -0.2) is 4.39 Å². The summed E-state index contributed by atoms with van der Waals surface area (Å²) in [5, 5.41) is 3.99. The zero-order chi connectivity index (χ0) is 13.1. The maximum absolute atomic E-state index is 12.9. The summed E-state index contributed by atoms with van der Waals surface area (Å²) < 4.78 is 13.6. The smallest absolute Gasteiger partial charge is 0.124 e. The Morgan fingerprint density at radius 2 is 2.00 bits per heavy atom. The summed E-state index contributed by atoms with van der Waals surface area (Å²) in [5.41, 5.74) is 3.00. The number of aryl methyl sites for hydroxylation is 1. The van der Waals surface area contributed by atoms with Gasteiger partial charge in [0.1, 0.15) is 5.82 Å². The van der Waals surface area contributed by atoms with Crippen LogP contribution in [0.15, 0.2) is 40.9 Å². The van der Waals surface area contributed by atoms with E-state index in [2.05, 4.69) is 21.2 Å². The molecule has 0 aromatic heterocycles. The standard InChI is InChI=1S/C14H12BrClFN/c1-9-2-3-10(6-13(9)16)8-18-14-5-4-11(17)7-12(14)15/h2-7,18H,8H2,1H3. The molecule has 18 heavy (non-hydrogen) atoms. The Morgan fingerprint density at radius 3 is 2.67 bits per heavy atom. The summed E-state index contributed by atoms with van der Waals surface area (Å²) in [5.74, 6) is -0.259. The molecule has 2 aromatic rings. The Morgan fingerprint density at radius 1 is 1.22 bits per heavy atom. The molecule has 0 spiro atoms. The highest BCUT2D eigenvalue weighted by Crippen LogP contribution is 2.24. The fraction of sp³-hybridized carbons (Fsp3) is 0.143. The van der Waals surface area contributed by atoms with Crippen LogP contribution in [0.5, 0.6) is 0 Å². The molecule has 0 atom stereocenters. The highest BCUT2D eigenvalue weighted by molar-refractivity contribution is 9.10. The van der Waals surface area contributed by atoms with Gasteiger partial charge in [-0.15, -0.1) is 0 Å². The maximum Gasteiger partial charge on any atom is 0.124 e. The fourth-order valence-electron chi connectivity index (χ4n) is 1.58. The SMILES string of the molecule is Cc1ccc(CNc2ccc(F)cc2Br)cc1Cl. The molecular formula is C14H12BrClFN. The molecule has 1 N–H and O–H groups in total. The summed E-state index contributed by atoms with van der Waals surface area (Å²) in [6.45, 7) is 2.61. The predicted molar refractivity (Wildman–Crippen MR) is 77.6 cm³/mol. The second kappa shape index (κ2) is 5.72. The molecule has 0 bridgehead atoms. The number of anilines is 1. The van der Waals surface area contributed by atoms with Gasteiger partial charge in [-0.1, -0.05) is 23.7 Å². The Balaban J connectivity index is 2.09. The predicted octanol–water partition coefficient (Wildman–Crippen LogP) is 5.16. The number of hydrogen-bond acceptors (Lipinski definition) is 1. The number of hydrogen-bond donors (Lipinski definition) is 1. The average Bonchev–Trinajstić information content (AvgIpc) is 2.32. The molecule has 0 unspecified atom stereocenters. The summed E-state index contributed by atoms with van der Waals surface area (Å²) >= 11 is 9.38. The quantitative estimate of drug-likeness (QED) is 0.820. The van der Waals surface area contributed by atoms with Gasteiger partial charge in [-0.2, -0.15) is 0 Å². The van der Waals surface area contributed by atoms with Gasteiger partial charge in [-0.3, -0.25) is 0 Å². The van der Waals surface area contributed by atoms with Crippen LogP contribution in [-0.4, -0.2) is 0 Å². The van der Waals surface area contributed by atoms with Crippen molar-refractivity contribution in [3.63, 3.8) is 0 Å². The molecule has 0 aliphatic carbocycles. The van der Waals surface area contributed by atoms with E-state index in [0.717, 1.165) is 21.8 Å². The molecular weight excluding hydrogens is 317 g/mol. The van der Waals surface area contributed by atoms with Crippen LogP contribution < -0.4 is 5.32 Å². The van der Waals surface area contributed by atoms with Gasteiger partial charge >= 0.3 is 0 Å². The van der Waals surface area contributed by atoms with Crippen LogP contribution in [0.3, 0.4) is 0 Å². The molecule has 1 nitrogen and oxygen atoms in total. The first kappa shape index (κ1) is 13.4. The second-order valence-corrected chi connectivity index (χ2v) is 5.32. The fourth-order valence-corrected chi connectivity index (χ4v) is 2.27. The van der Waals surface area contributed by atoms with Crippen LogP contribution in [-0.2, 0) is 6.54 Å². The molecule has 0 saturated heterocycles. The Kier molecular flexibility index (Phi) is 4.25. The van der Waals surface area contributed by atoms with Crippen molar-refractivity contribution in [1.82, 2.24) is 0 Å². The minimum absolute atomic E-state index is 0.259. The highest BCUT2D eigenvalue weighted by atomic mass is 79.9. The van der Waals surface area contributed by atoms with Gasteiger partial charge in [0.25, 0.3) is 0 Å². The lowest BCUT2D eigenvalue weighted by Crippen LogP contribution is -2.00. The maximum atomic E-state index is 12.9. The van der Waals surface area contributed by atoms with Gasteiger partial charge in [0, 0.05) is 21.7 Å². The van der Waals surface area contributed by atoms with Gasteiger partial charge in [0.2, 0.25) is 0 Å². The van der Waals surface area contributed by atoms with E-state index in [4.69, 9.17) is 11.6 Å². The Labute approximate surface area is 119 Å². The van der Waals surface area contributed by atoms with Crippen molar-refractivity contribution >= 4 is 33.2 Å². The van der Waals surface area contributed by atoms with Gasteiger partial charge < -0.3 is 5.32 Å². The molecule has 4 heteroatoms.